The molecule has 18 nitrogen and oxygen atoms in total. The fraction of sp³-hybridized carbons (Fsp3) is 0.184. The molecule has 0 unspecified atom stereocenters. The predicted molar refractivity (Wildman–Crippen MR) is 208 cm³/mol. The highest BCUT2D eigenvalue weighted by atomic mass is 35.5. The first kappa shape index (κ1) is 40.8. The van der Waals surface area contributed by atoms with Gasteiger partial charge in [-0.25, -0.2) is 24.7 Å². The summed E-state index contributed by atoms with van der Waals surface area (Å²) in [6, 6.07) is 17.5. The molecule has 308 valence electrons. The standard InChI is InChI=1S/C26H23ClF3N7O4.C12H9N5O2/c27-19-12-22(39-9-8-37-6-1-2-7-37)20(11-18(19)26(28,29)30)35-25(38)34-16-4-3-5-17(10-16)41-23-13-21(31-14-32-23)24-36-33-15-40-24;13-8-2-1-3-9(4-8)19-11-5-10(14-6-15-11)12-17-16-7-18-12/h3-5,10-15H,1-2,6-9H2,(H2,34,35,38);1-7H,13H2. The minimum atomic E-state index is -4.73. The van der Waals surface area contributed by atoms with E-state index in [2.05, 4.69) is 55.9 Å². The number of ether oxygens (including phenoxy) is 3. The Balaban J connectivity index is 0.000000238. The van der Waals surface area contributed by atoms with Crippen molar-refractivity contribution in [3.8, 4) is 52.2 Å². The van der Waals surface area contributed by atoms with Crippen LogP contribution in [0.4, 0.5) is 35.0 Å². The average Bonchev–Trinajstić information content (AvgIpc) is 4.05. The van der Waals surface area contributed by atoms with Gasteiger partial charge in [0, 0.05) is 48.3 Å². The molecule has 0 radical (unpaired) electrons. The van der Waals surface area contributed by atoms with Gasteiger partial charge >= 0.3 is 12.2 Å². The van der Waals surface area contributed by atoms with E-state index in [-0.39, 0.29) is 29.8 Å². The third-order valence-electron chi connectivity index (χ3n) is 8.32. The molecule has 0 aliphatic carbocycles. The van der Waals surface area contributed by atoms with Gasteiger partial charge in [-0.05, 0) is 56.3 Å². The first-order valence-electron chi connectivity index (χ1n) is 17.9. The van der Waals surface area contributed by atoms with Gasteiger partial charge in [-0.2, -0.15) is 13.2 Å². The summed E-state index contributed by atoms with van der Waals surface area (Å²) in [5.74, 6) is 1.96. The van der Waals surface area contributed by atoms with E-state index in [9.17, 15) is 18.0 Å². The van der Waals surface area contributed by atoms with Crippen LogP contribution >= 0.6 is 11.6 Å². The van der Waals surface area contributed by atoms with Gasteiger partial charge in [0.05, 0.1) is 16.3 Å². The molecule has 22 heteroatoms. The van der Waals surface area contributed by atoms with Crippen LogP contribution < -0.4 is 30.6 Å². The number of urea groups is 1. The van der Waals surface area contributed by atoms with Crippen molar-refractivity contribution in [2.45, 2.75) is 19.0 Å². The Morgan fingerprint density at radius 3 is 2.00 bits per heavy atom. The molecule has 1 aliphatic heterocycles. The second kappa shape index (κ2) is 18.9. The Labute approximate surface area is 342 Å². The van der Waals surface area contributed by atoms with Gasteiger partial charge < -0.3 is 39.4 Å². The molecule has 1 saturated heterocycles. The number of nitrogens with zero attached hydrogens (tertiary/aromatic N) is 9. The van der Waals surface area contributed by atoms with E-state index in [1.165, 1.54) is 31.2 Å². The smallest absolute Gasteiger partial charge is 0.417 e. The number of carbonyl (C=O) groups excluding carboxylic acids is 1. The van der Waals surface area contributed by atoms with Crippen LogP contribution in [0.1, 0.15) is 18.4 Å². The van der Waals surface area contributed by atoms with Gasteiger partial charge in [-0.1, -0.05) is 23.7 Å². The first-order valence-corrected chi connectivity index (χ1v) is 18.3. The van der Waals surface area contributed by atoms with Crippen LogP contribution in [0.25, 0.3) is 23.2 Å². The lowest BCUT2D eigenvalue weighted by Crippen LogP contribution is -2.25. The molecule has 4 aromatic heterocycles. The van der Waals surface area contributed by atoms with E-state index in [4.69, 9.17) is 40.4 Å². The van der Waals surface area contributed by atoms with Crippen molar-refractivity contribution < 1.29 is 41.0 Å². The van der Waals surface area contributed by atoms with Crippen LogP contribution in [0.5, 0.6) is 29.0 Å². The molecular weight excluding hydrogens is 813 g/mol. The normalized spacial score (nSPS) is 12.6. The topological polar surface area (TPSA) is 227 Å². The molecule has 7 aromatic rings. The minimum Gasteiger partial charge on any atom is -0.490 e. The fourth-order valence-electron chi connectivity index (χ4n) is 5.62. The number of rotatable bonds is 12. The summed E-state index contributed by atoms with van der Waals surface area (Å²) in [5, 5.41) is 19.2. The second-order valence-electron chi connectivity index (χ2n) is 12.6. The minimum absolute atomic E-state index is 0.0234. The number of alkyl halides is 3. The second-order valence-corrected chi connectivity index (χ2v) is 13.0. The highest BCUT2D eigenvalue weighted by Crippen LogP contribution is 2.40. The zero-order valence-corrected chi connectivity index (χ0v) is 31.8. The summed E-state index contributed by atoms with van der Waals surface area (Å²) in [4.78, 5) is 31.1. The molecule has 3 aromatic carbocycles. The lowest BCUT2D eigenvalue weighted by Gasteiger charge is -2.19. The summed E-state index contributed by atoms with van der Waals surface area (Å²) in [5.41, 5.74) is 6.15. The molecule has 0 spiro atoms. The number of hydrogen-bond acceptors (Lipinski definition) is 16. The molecule has 0 atom stereocenters. The molecule has 0 saturated carbocycles. The molecule has 0 bridgehead atoms. The van der Waals surface area contributed by atoms with Gasteiger partial charge in [0.1, 0.15) is 47.9 Å². The number of nitrogens with two attached hydrogens (primary N) is 1. The van der Waals surface area contributed by atoms with Gasteiger partial charge in [-0.3, -0.25) is 4.90 Å². The number of amides is 2. The largest absolute Gasteiger partial charge is 0.490 e. The maximum absolute atomic E-state index is 13.5. The quantitative estimate of drug-likeness (QED) is 0.0989. The molecule has 8 rings (SSSR count). The molecule has 60 heavy (non-hydrogen) atoms. The Morgan fingerprint density at radius 2 is 1.42 bits per heavy atom. The van der Waals surface area contributed by atoms with Gasteiger partial charge in [0.25, 0.3) is 11.8 Å². The Morgan fingerprint density at radius 1 is 0.800 bits per heavy atom. The van der Waals surface area contributed by atoms with Crippen LogP contribution in [0.2, 0.25) is 5.02 Å². The monoisotopic (exact) mass is 844 g/mol. The van der Waals surface area contributed by atoms with Crippen molar-refractivity contribution >= 4 is 34.7 Å². The van der Waals surface area contributed by atoms with Crippen LogP contribution in [-0.4, -0.2) is 77.5 Å². The molecule has 2 amide bonds. The number of halogens is 4. The number of aromatic nitrogens is 8. The summed E-state index contributed by atoms with van der Waals surface area (Å²) in [6.45, 7) is 2.68. The predicted octanol–water partition coefficient (Wildman–Crippen LogP) is 8.01. The molecular formula is C38H32ClF3N12O6. The van der Waals surface area contributed by atoms with Gasteiger partial charge in [0.15, 0.2) is 0 Å². The van der Waals surface area contributed by atoms with Crippen molar-refractivity contribution in [1.29, 1.82) is 0 Å². The number of carbonyl (C=O) groups is 1. The number of likely N-dealkylation sites (tertiary alicyclic amines) is 1. The van der Waals surface area contributed by atoms with E-state index in [1.54, 1.807) is 48.5 Å². The number of nitrogen functional groups attached to an aromatic ring is 1. The fourth-order valence-corrected chi connectivity index (χ4v) is 5.88. The lowest BCUT2D eigenvalue weighted by atomic mass is 10.1. The number of benzene rings is 3. The van der Waals surface area contributed by atoms with Crippen molar-refractivity contribution in [2.24, 2.45) is 0 Å². The van der Waals surface area contributed by atoms with Crippen LogP contribution in [0, 0.1) is 0 Å². The molecule has 4 N–H and O–H groups in total. The molecule has 1 fully saturated rings. The molecule has 5 heterocycles. The Hall–Kier alpha value is -7.39. The highest BCUT2D eigenvalue weighted by molar-refractivity contribution is 6.31. The van der Waals surface area contributed by atoms with Crippen molar-refractivity contribution in [1.82, 2.24) is 45.2 Å². The van der Waals surface area contributed by atoms with Crippen LogP contribution in [0.15, 0.2) is 107 Å². The number of hydrogen-bond donors (Lipinski definition) is 3. The van der Waals surface area contributed by atoms with E-state index in [1.807, 2.05) is 0 Å². The SMILES string of the molecule is Nc1cccc(Oc2cc(-c3nnco3)ncn2)c1.O=C(Nc1cccc(Oc2cc(-c3nnco3)ncn2)c1)Nc1cc(C(F)(F)F)c(Cl)cc1OCCN1CCCC1. The Bertz CT molecular complexity index is 2510. The van der Waals surface area contributed by atoms with E-state index < -0.39 is 22.8 Å². The van der Waals surface area contributed by atoms with Gasteiger partial charge in [0.2, 0.25) is 24.5 Å². The highest BCUT2D eigenvalue weighted by Gasteiger charge is 2.34. The zero-order chi connectivity index (χ0) is 41.9. The van der Waals surface area contributed by atoms with E-state index in [0.717, 1.165) is 44.5 Å². The summed E-state index contributed by atoms with van der Waals surface area (Å²) in [7, 11) is 0. The summed E-state index contributed by atoms with van der Waals surface area (Å²) >= 11 is 5.91. The first-order chi connectivity index (χ1) is 29.1. The number of nitrogens with one attached hydrogen (secondary N) is 2. The maximum atomic E-state index is 13.5. The van der Waals surface area contributed by atoms with Crippen molar-refractivity contribution in [2.75, 3.05) is 42.6 Å². The maximum Gasteiger partial charge on any atom is 0.417 e. The van der Waals surface area contributed by atoms with Crippen molar-refractivity contribution in [3.63, 3.8) is 0 Å². The van der Waals surface area contributed by atoms with Gasteiger partial charge in [-0.15, -0.1) is 20.4 Å². The van der Waals surface area contributed by atoms with E-state index in [0.29, 0.717) is 52.6 Å². The zero-order valence-electron chi connectivity index (χ0n) is 31.0. The summed E-state index contributed by atoms with van der Waals surface area (Å²) < 4.78 is 67.8. The third-order valence-corrected chi connectivity index (χ3v) is 8.64. The molecule has 1 aliphatic rings. The van der Waals surface area contributed by atoms with E-state index >= 15 is 0 Å². The average molecular weight is 845 g/mol. The van der Waals surface area contributed by atoms with Crippen LogP contribution in [-0.2, 0) is 6.18 Å². The lowest BCUT2D eigenvalue weighted by molar-refractivity contribution is -0.137. The third kappa shape index (κ3) is 11.2. The van der Waals surface area contributed by atoms with Crippen molar-refractivity contribution in [3.05, 3.63) is 109 Å². The van der Waals surface area contributed by atoms with Crippen LogP contribution in [0.3, 0.4) is 0 Å². The Kier molecular flexibility index (Phi) is 12.9. The summed E-state index contributed by atoms with van der Waals surface area (Å²) in [6.07, 6.45) is 2.47. The number of anilines is 3.